The molecule has 0 saturated heterocycles. The summed E-state index contributed by atoms with van der Waals surface area (Å²) < 4.78 is 53.4. The van der Waals surface area contributed by atoms with Crippen molar-refractivity contribution < 1.29 is 22.6 Å². The largest absolute Gasteiger partial charge is 0.494 e. The zero-order valence-electron chi connectivity index (χ0n) is 23.1. The summed E-state index contributed by atoms with van der Waals surface area (Å²) in [6.45, 7) is 9.13. The third kappa shape index (κ3) is 7.54. The summed E-state index contributed by atoms with van der Waals surface area (Å²) in [6, 6.07) is 9.98. The van der Waals surface area contributed by atoms with Gasteiger partial charge < -0.3 is 9.47 Å². The van der Waals surface area contributed by atoms with E-state index in [1.165, 1.54) is 4.57 Å². The topological polar surface area (TPSA) is 79.1 Å². The number of aryl methyl sites for hydroxylation is 2. The highest BCUT2D eigenvalue weighted by Crippen LogP contribution is 2.31. The molecule has 0 aliphatic carbocycles. The van der Waals surface area contributed by atoms with E-state index in [9.17, 15) is 18.0 Å². The molecule has 212 valence electrons. The van der Waals surface area contributed by atoms with Gasteiger partial charge in [-0.15, -0.1) is 0 Å². The molecule has 0 aliphatic rings. The van der Waals surface area contributed by atoms with Crippen LogP contribution >= 0.6 is 0 Å². The van der Waals surface area contributed by atoms with Crippen molar-refractivity contribution >= 4 is 19.0 Å². The normalized spacial score (nSPS) is 12.2. The van der Waals surface area contributed by atoms with Crippen LogP contribution in [0.25, 0.3) is 22.4 Å². The molecule has 0 bridgehead atoms. The Morgan fingerprint density at radius 1 is 1.00 bits per heavy atom. The van der Waals surface area contributed by atoms with E-state index in [1.807, 2.05) is 12.1 Å². The second kappa shape index (κ2) is 12.3. The summed E-state index contributed by atoms with van der Waals surface area (Å²) in [5.74, 6) is 0.542. The van der Waals surface area contributed by atoms with E-state index in [1.54, 1.807) is 31.5 Å². The summed E-state index contributed by atoms with van der Waals surface area (Å²) in [6.07, 6.45) is 1.60. The highest BCUT2D eigenvalue weighted by Gasteiger charge is 2.31. The first-order valence-electron chi connectivity index (χ1n) is 13.1. The third-order valence-corrected chi connectivity index (χ3v) is 8.09. The molecule has 1 aromatic carbocycles. The standard InChI is InChI=1S/C29H33F3N4O3Si/c1-20-16-23(39-13-5-6-21-7-10-33-11-8-21)18-24-26(20)35-27(25-17-22(9-12-34-25)29(30,31)32)36(28(24)37)19-38-14-15-40(2,3)4/h7-12,16-18H,5-6,13-15,19H2,1-4H3. The Labute approximate surface area is 232 Å². The van der Waals surface area contributed by atoms with Crippen molar-refractivity contribution in [3.63, 3.8) is 0 Å². The second-order valence-electron chi connectivity index (χ2n) is 10.9. The van der Waals surface area contributed by atoms with Crippen LogP contribution in [0.15, 0.2) is 59.8 Å². The van der Waals surface area contributed by atoms with Crippen molar-refractivity contribution in [1.29, 1.82) is 0 Å². The fourth-order valence-corrected chi connectivity index (χ4v) is 4.90. The lowest BCUT2D eigenvalue weighted by atomic mass is 10.1. The van der Waals surface area contributed by atoms with Crippen LogP contribution in [0.3, 0.4) is 0 Å². The van der Waals surface area contributed by atoms with Crippen LogP contribution in [0, 0.1) is 6.92 Å². The minimum atomic E-state index is -4.56. The highest BCUT2D eigenvalue weighted by atomic mass is 28.3. The van der Waals surface area contributed by atoms with Crippen molar-refractivity contribution in [3.8, 4) is 17.3 Å². The van der Waals surface area contributed by atoms with Gasteiger partial charge in [0.25, 0.3) is 5.56 Å². The zero-order chi connectivity index (χ0) is 28.9. The number of rotatable bonds is 11. The van der Waals surface area contributed by atoms with E-state index in [4.69, 9.17) is 9.47 Å². The minimum absolute atomic E-state index is 0.0192. The van der Waals surface area contributed by atoms with E-state index in [0.29, 0.717) is 35.4 Å². The Morgan fingerprint density at radius 2 is 1.75 bits per heavy atom. The highest BCUT2D eigenvalue weighted by molar-refractivity contribution is 6.76. The van der Waals surface area contributed by atoms with Gasteiger partial charge in [0.1, 0.15) is 18.2 Å². The van der Waals surface area contributed by atoms with E-state index < -0.39 is 25.4 Å². The average Bonchev–Trinajstić information content (AvgIpc) is 2.90. The van der Waals surface area contributed by atoms with Gasteiger partial charge in [0, 0.05) is 33.3 Å². The van der Waals surface area contributed by atoms with Crippen molar-refractivity contribution in [2.45, 2.75) is 58.4 Å². The summed E-state index contributed by atoms with van der Waals surface area (Å²) in [5, 5.41) is 0.300. The molecule has 7 nitrogen and oxygen atoms in total. The van der Waals surface area contributed by atoms with E-state index in [-0.39, 0.29) is 18.2 Å². The molecule has 0 fully saturated rings. The maximum absolute atomic E-state index is 13.8. The number of pyridine rings is 2. The number of aromatic nitrogens is 4. The van der Waals surface area contributed by atoms with Gasteiger partial charge in [-0.25, -0.2) is 4.98 Å². The molecule has 0 amide bonds. The fraction of sp³-hybridized carbons (Fsp3) is 0.379. The Bertz CT molecular complexity index is 1520. The van der Waals surface area contributed by atoms with Crippen LogP contribution in [0.1, 0.15) is 23.1 Å². The molecule has 11 heteroatoms. The molecule has 4 aromatic rings. The summed E-state index contributed by atoms with van der Waals surface area (Å²) >= 11 is 0. The Balaban J connectivity index is 1.67. The maximum Gasteiger partial charge on any atom is 0.416 e. The van der Waals surface area contributed by atoms with E-state index >= 15 is 0 Å². The number of hydrogen-bond acceptors (Lipinski definition) is 6. The van der Waals surface area contributed by atoms with Gasteiger partial charge in [0.2, 0.25) is 0 Å². The van der Waals surface area contributed by atoms with Crippen LogP contribution in [0.4, 0.5) is 13.2 Å². The Morgan fingerprint density at radius 3 is 2.45 bits per heavy atom. The number of ether oxygens (including phenoxy) is 2. The Kier molecular flexibility index (Phi) is 9.04. The lowest BCUT2D eigenvalue weighted by molar-refractivity contribution is -0.137. The first-order valence-corrected chi connectivity index (χ1v) is 16.8. The van der Waals surface area contributed by atoms with Crippen molar-refractivity contribution in [1.82, 2.24) is 19.5 Å². The molecule has 0 atom stereocenters. The molecular formula is C29H33F3N4O3Si. The van der Waals surface area contributed by atoms with Gasteiger partial charge in [0.05, 0.1) is 23.1 Å². The number of halogens is 3. The molecule has 0 N–H and O–H groups in total. The van der Waals surface area contributed by atoms with Crippen LogP contribution in [0.5, 0.6) is 5.75 Å². The molecule has 0 saturated carbocycles. The molecule has 0 aliphatic heterocycles. The molecular weight excluding hydrogens is 537 g/mol. The van der Waals surface area contributed by atoms with Crippen molar-refractivity contribution in [3.05, 3.63) is 82.0 Å². The van der Waals surface area contributed by atoms with Crippen molar-refractivity contribution in [2.24, 2.45) is 0 Å². The van der Waals surface area contributed by atoms with Gasteiger partial charge in [0.15, 0.2) is 5.82 Å². The molecule has 0 unspecified atom stereocenters. The van der Waals surface area contributed by atoms with Gasteiger partial charge in [-0.1, -0.05) is 19.6 Å². The predicted octanol–water partition coefficient (Wildman–Crippen LogP) is 6.50. The molecule has 40 heavy (non-hydrogen) atoms. The lowest BCUT2D eigenvalue weighted by Gasteiger charge is -2.18. The summed E-state index contributed by atoms with van der Waals surface area (Å²) in [7, 11) is -1.40. The predicted molar refractivity (Wildman–Crippen MR) is 151 cm³/mol. The van der Waals surface area contributed by atoms with Gasteiger partial charge >= 0.3 is 6.18 Å². The number of nitrogens with zero attached hydrogens (tertiary/aromatic N) is 4. The van der Waals surface area contributed by atoms with Gasteiger partial charge in [-0.2, -0.15) is 13.2 Å². The monoisotopic (exact) mass is 570 g/mol. The van der Waals surface area contributed by atoms with Crippen LogP contribution in [-0.2, 0) is 24.1 Å². The quantitative estimate of drug-likeness (QED) is 0.151. The molecule has 3 aromatic heterocycles. The first kappa shape index (κ1) is 29.4. The second-order valence-corrected chi connectivity index (χ2v) is 16.5. The van der Waals surface area contributed by atoms with Gasteiger partial charge in [-0.05, 0) is 73.3 Å². The summed E-state index contributed by atoms with van der Waals surface area (Å²) in [4.78, 5) is 26.5. The Hall–Kier alpha value is -3.57. The minimum Gasteiger partial charge on any atom is -0.494 e. The third-order valence-electron chi connectivity index (χ3n) is 6.38. The zero-order valence-corrected chi connectivity index (χ0v) is 24.1. The first-order chi connectivity index (χ1) is 18.9. The van der Waals surface area contributed by atoms with Crippen LogP contribution in [0.2, 0.25) is 25.7 Å². The number of alkyl halides is 3. The number of benzene rings is 1. The SMILES string of the molecule is Cc1cc(OCCCc2ccncc2)cc2c(=O)n(COCC[Si](C)(C)C)c(-c3cc(C(F)(F)F)ccn3)nc12. The fourth-order valence-electron chi connectivity index (χ4n) is 4.14. The smallest absolute Gasteiger partial charge is 0.416 e. The number of fused-ring (bicyclic) bond motifs is 1. The molecule has 0 radical (unpaired) electrons. The van der Waals surface area contributed by atoms with E-state index in [2.05, 4.69) is 34.6 Å². The van der Waals surface area contributed by atoms with E-state index in [0.717, 1.165) is 42.8 Å². The maximum atomic E-state index is 13.8. The molecule has 4 rings (SSSR count). The lowest BCUT2D eigenvalue weighted by Crippen LogP contribution is -2.27. The molecule has 3 heterocycles. The van der Waals surface area contributed by atoms with Crippen LogP contribution in [-0.4, -0.2) is 40.8 Å². The number of hydrogen-bond donors (Lipinski definition) is 0. The average molecular weight is 571 g/mol. The van der Waals surface area contributed by atoms with Gasteiger partial charge in [-0.3, -0.25) is 19.3 Å². The molecule has 0 spiro atoms. The van der Waals surface area contributed by atoms with Crippen LogP contribution < -0.4 is 10.3 Å². The summed E-state index contributed by atoms with van der Waals surface area (Å²) in [5.41, 5.74) is 0.840. The van der Waals surface area contributed by atoms with Crippen molar-refractivity contribution in [2.75, 3.05) is 13.2 Å².